The third kappa shape index (κ3) is 7.61. The Morgan fingerprint density at radius 2 is 0.321 bits per heavy atom. The fraction of sp³-hybridized carbons (Fsp3) is 1.00. The van der Waals surface area contributed by atoms with Crippen molar-refractivity contribution in [1.82, 2.24) is 0 Å². The molecule has 0 aliphatic carbocycles. The molecular formula is C26H27F19I8. The van der Waals surface area contributed by atoms with E-state index in [-0.39, 0.29) is 220 Å². The monoisotopic (exact) mass is 1720 g/mol. The molecule has 0 aromatic carbocycles. The van der Waals surface area contributed by atoms with Gasteiger partial charge in [0.15, 0.2) is 3.42 Å². The summed E-state index contributed by atoms with van der Waals surface area (Å²) in [5, 5.41) is 0. The highest BCUT2D eigenvalue weighted by Crippen LogP contribution is 2.72. The minimum Gasteiger partial charge on any atom is -0.205 e. The third-order valence-corrected chi connectivity index (χ3v) is 20.7. The molecule has 0 amide bonds. The van der Waals surface area contributed by atoms with Gasteiger partial charge in [-0.2, -0.15) is 13.2 Å². The third-order valence-electron chi connectivity index (χ3n) is 9.61. The van der Waals surface area contributed by atoms with Gasteiger partial charge in [0.05, 0.1) is 0 Å². The number of alkyl halides is 27. The van der Waals surface area contributed by atoms with Gasteiger partial charge in [0.25, 0.3) is 47.4 Å². The maximum Gasteiger partial charge on any atom is 0.408 e. The lowest BCUT2D eigenvalue weighted by Crippen LogP contribution is -2.79. The Morgan fingerprint density at radius 1 is 0.208 bits per heavy atom. The van der Waals surface area contributed by atoms with E-state index in [1.54, 1.807) is 0 Å². The standard InChI is InChI=1S/C26H27F19I8/c1-10(46,18(9,27)28)19(29,30)11(2,47)20(31,32)12(3,48)21(33,34)13(4,49)22(35,36)14(5,50)23(37,38)15(6,51)24(39,40)16(7,52)25(41,42)17(8,53)26(43,44)45/h1-9H3. The summed E-state index contributed by atoms with van der Waals surface area (Å²) in [6.07, 6.45) is -5.97. The average Bonchev–Trinajstić information content (AvgIpc) is 2.89. The molecule has 0 aromatic heterocycles. The number of hydrogen-bond donors (Lipinski definition) is 0. The van der Waals surface area contributed by atoms with Crippen molar-refractivity contribution in [3.05, 3.63) is 0 Å². The molecule has 0 fully saturated rings. The minimum atomic E-state index is -5.97. The topological polar surface area (TPSA) is 0 Å². The number of halogens is 27. The van der Waals surface area contributed by atoms with Crippen molar-refractivity contribution in [2.75, 3.05) is 0 Å². The Balaban J connectivity index is 7.78. The Morgan fingerprint density at radius 3 is 0.434 bits per heavy atom. The van der Waals surface area contributed by atoms with Crippen LogP contribution in [0, 0.1) is 0 Å². The molecule has 320 valence electrons. The summed E-state index contributed by atoms with van der Waals surface area (Å²) in [4.78, 5) is 0. The van der Waals surface area contributed by atoms with Gasteiger partial charge in [-0.1, -0.05) is 181 Å². The Kier molecular flexibility index (Phi) is 16.7. The highest BCUT2D eigenvalue weighted by Gasteiger charge is 2.90. The van der Waals surface area contributed by atoms with Gasteiger partial charge < -0.3 is 0 Å². The van der Waals surface area contributed by atoms with E-state index in [4.69, 9.17) is 0 Å². The van der Waals surface area contributed by atoms with Crippen LogP contribution in [0.5, 0.6) is 0 Å². The lowest BCUT2D eigenvalue weighted by molar-refractivity contribution is -0.261. The van der Waals surface area contributed by atoms with Crippen LogP contribution in [0.4, 0.5) is 83.4 Å². The molecule has 8 unspecified atom stereocenters. The maximum absolute atomic E-state index is 16.5. The molecular weight excluding hydrogens is 1690 g/mol. The second-order valence-electron chi connectivity index (χ2n) is 13.4. The van der Waals surface area contributed by atoms with Crippen LogP contribution in [0.2, 0.25) is 0 Å². The van der Waals surface area contributed by atoms with Crippen molar-refractivity contribution in [3.8, 4) is 0 Å². The summed E-state index contributed by atoms with van der Waals surface area (Å²) in [6, 6.07) is 0. The lowest BCUT2D eigenvalue weighted by atomic mass is 9.71. The largest absolute Gasteiger partial charge is 0.408 e. The summed E-state index contributed by atoms with van der Waals surface area (Å²) in [5.74, 6) is -44.7. The van der Waals surface area contributed by atoms with Gasteiger partial charge in [-0.3, -0.25) is 0 Å². The first kappa shape index (κ1) is 57.5. The first-order valence-corrected chi connectivity index (χ1v) is 22.2. The van der Waals surface area contributed by atoms with Crippen LogP contribution in [0.3, 0.4) is 0 Å². The summed E-state index contributed by atoms with van der Waals surface area (Å²) >= 11 is 0.954. The summed E-state index contributed by atoms with van der Waals surface area (Å²) in [6.45, 7) is -1.79. The summed E-state index contributed by atoms with van der Waals surface area (Å²) < 4.78 is 260. The Labute approximate surface area is 401 Å². The molecule has 8 atom stereocenters. The van der Waals surface area contributed by atoms with Crippen molar-refractivity contribution in [2.45, 2.75) is 143 Å². The molecule has 53 heavy (non-hydrogen) atoms. The molecule has 0 saturated heterocycles. The molecule has 0 spiro atoms. The Bertz CT molecular complexity index is 1260. The van der Waals surface area contributed by atoms with Crippen molar-refractivity contribution < 1.29 is 83.4 Å². The average molecular weight is 1720 g/mol. The zero-order valence-corrected chi connectivity index (χ0v) is 45.0. The number of rotatable bonds is 15. The molecule has 0 bridgehead atoms. The Hall–Kier alpha value is 4.51. The SMILES string of the molecule is CC(F)(F)C(C)(I)C(F)(F)C(C)(I)C(F)(F)C(C)(I)C(F)(F)C(C)(I)C(F)(F)C(C)(I)C(F)(F)C(C)(I)C(F)(F)C(C)(I)C(F)(F)C(C)(I)C(F)(F)F. The maximum atomic E-state index is 16.5. The van der Waals surface area contributed by atoms with Crippen LogP contribution in [0.15, 0.2) is 0 Å². The van der Waals surface area contributed by atoms with Crippen LogP contribution in [-0.4, -0.2) is 80.9 Å². The summed E-state index contributed by atoms with van der Waals surface area (Å²) in [7, 11) is 0. The predicted molar refractivity (Wildman–Crippen MR) is 231 cm³/mol. The first-order chi connectivity index (χ1) is 22.0. The molecule has 27 heteroatoms. The van der Waals surface area contributed by atoms with Crippen molar-refractivity contribution in [1.29, 1.82) is 0 Å². The quantitative estimate of drug-likeness (QED) is 0.0871. The van der Waals surface area contributed by atoms with E-state index in [2.05, 4.69) is 0 Å². The van der Waals surface area contributed by atoms with Crippen molar-refractivity contribution in [3.63, 3.8) is 0 Å². The van der Waals surface area contributed by atoms with Crippen molar-refractivity contribution >= 4 is 181 Å². The lowest BCUT2D eigenvalue weighted by Gasteiger charge is -2.57. The smallest absolute Gasteiger partial charge is 0.205 e. The van der Waals surface area contributed by atoms with Crippen LogP contribution in [0.1, 0.15) is 62.3 Å². The van der Waals surface area contributed by atoms with Gasteiger partial charge in [0.1, 0.15) is 24.0 Å². The molecule has 0 aromatic rings. The fourth-order valence-corrected chi connectivity index (χ4v) is 15.9. The van der Waals surface area contributed by atoms with E-state index in [1.807, 2.05) is 0 Å². The molecule has 0 nitrogen and oxygen atoms in total. The fourth-order valence-electron chi connectivity index (χ4n) is 4.72. The van der Waals surface area contributed by atoms with Crippen LogP contribution in [0.25, 0.3) is 0 Å². The van der Waals surface area contributed by atoms with Gasteiger partial charge in [-0.05, 0) is 55.4 Å². The van der Waals surface area contributed by atoms with E-state index >= 15 is 61.5 Å². The summed E-state index contributed by atoms with van der Waals surface area (Å²) in [5.41, 5.74) is 0. The van der Waals surface area contributed by atoms with Crippen LogP contribution < -0.4 is 0 Å². The zero-order chi connectivity index (χ0) is 44.5. The first-order valence-electron chi connectivity index (χ1n) is 13.6. The minimum absolute atomic E-state index is 0.0237. The van der Waals surface area contributed by atoms with Gasteiger partial charge >= 0.3 is 6.18 Å². The highest BCUT2D eigenvalue weighted by atomic mass is 127. The van der Waals surface area contributed by atoms with Gasteiger partial charge in [-0.15, -0.1) is 0 Å². The van der Waals surface area contributed by atoms with Crippen LogP contribution >= 0.6 is 181 Å². The molecule has 0 N–H and O–H groups in total. The van der Waals surface area contributed by atoms with Gasteiger partial charge in [0.2, 0.25) is 0 Å². The van der Waals surface area contributed by atoms with E-state index < -0.39 is 80.9 Å². The second-order valence-corrected chi connectivity index (χ2v) is 30.7. The predicted octanol–water partition coefficient (Wildman–Crippen LogP) is 16.2. The van der Waals surface area contributed by atoms with E-state index in [0.717, 1.165) is 0 Å². The van der Waals surface area contributed by atoms with E-state index in [9.17, 15) is 22.0 Å². The highest BCUT2D eigenvalue weighted by molar-refractivity contribution is 14.1. The molecule has 0 rings (SSSR count). The normalized spacial score (nSPS) is 24.7. The molecule has 0 radical (unpaired) electrons. The molecule has 0 aliphatic rings. The van der Waals surface area contributed by atoms with Crippen molar-refractivity contribution in [2.24, 2.45) is 0 Å². The zero-order valence-electron chi connectivity index (χ0n) is 27.7. The second kappa shape index (κ2) is 15.3. The molecule has 0 heterocycles. The van der Waals surface area contributed by atoms with Gasteiger partial charge in [0, 0.05) is 6.92 Å². The number of hydrogen-bond acceptors (Lipinski definition) is 0. The molecule has 0 aliphatic heterocycles. The van der Waals surface area contributed by atoms with E-state index in [0.29, 0.717) is 22.6 Å². The van der Waals surface area contributed by atoms with E-state index in [1.165, 1.54) is 0 Å². The molecule has 0 saturated carbocycles. The van der Waals surface area contributed by atoms with Crippen LogP contribution in [-0.2, 0) is 0 Å². The van der Waals surface area contributed by atoms with Gasteiger partial charge in [-0.25, -0.2) is 70.2 Å².